The molecular weight excluding hydrogens is 437 g/mol. The van der Waals surface area contributed by atoms with Gasteiger partial charge in [0.1, 0.15) is 5.82 Å². The molecule has 2 aromatic heterocycles. The molecule has 1 fully saturated rings. The summed E-state index contributed by atoms with van der Waals surface area (Å²) in [7, 11) is 0. The summed E-state index contributed by atoms with van der Waals surface area (Å²) in [6.07, 6.45) is 0.949. The van der Waals surface area contributed by atoms with Gasteiger partial charge in [0, 0.05) is 58.1 Å². The van der Waals surface area contributed by atoms with Crippen molar-refractivity contribution in [3.8, 4) is 10.4 Å². The lowest BCUT2D eigenvalue weighted by atomic mass is 9.81. The summed E-state index contributed by atoms with van der Waals surface area (Å²) in [6.45, 7) is 1.71. The van der Waals surface area contributed by atoms with Crippen LogP contribution in [0.25, 0.3) is 20.5 Å². The second-order valence-electron chi connectivity index (χ2n) is 8.87. The van der Waals surface area contributed by atoms with Gasteiger partial charge < -0.3 is 14.8 Å². The van der Waals surface area contributed by atoms with Crippen molar-refractivity contribution in [3.63, 3.8) is 0 Å². The van der Waals surface area contributed by atoms with Crippen molar-refractivity contribution in [1.29, 1.82) is 0 Å². The first-order valence-corrected chi connectivity index (χ1v) is 11.9. The predicted molar refractivity (Wildman–Crippen MR) is 129 cm³/mol. The highest BCUT2D eigenvalue weighted by atomic mass is 32.1. The number of halogens is 1. The minimum absolute atomic E-state index is 0.0159. The second-order valence-corrected chi connectivity index (χ2v) is 9.96. The molecule has 33 heavy (non-hydrogen) atoms. The highest BCUT2D eigenvalue weighted by Gasteiger charge is 2.38. The molecular formula is C26H22FN3O2S. The molecule has 2 aromatic carbocycles. The molecule has 0 aliphatic carbocycles. The quantitative estimate of drug-likeness (QED) is 0.429. The summed E-state index contributed by atoms with van der Waals surface area (Å²) in [4.78, 5) is 28.7. The third kappa shape index (κ3) is 3.62. The van der Waals surface area contributed by atoms with Crippen LogP contribution in [-0.4, -0.2) is 28.6 Å². The monoisotopic (exact) mass is 459 g/mol. The fraction of sp³-hybridized carbons (Fsp3) is 0.231. The number of nitrogens with zero attached hydrogens (tertiary/aromatic N) is 2. The molecule has 0 unspecified atom stereocenters. The molecule has 2 amide bonds. The Hall–Kier alpha value is -3.45. The molecule has 0 radical (unpaired) electrons. The van der Waals surface area contributed by atoms with Gasteiger partial charge in [-0.05, 0) is 54.1 Å². The molecule has 2 aliphatic rings. The molecule has 4 heterocycles. The number of likely N-dealkylation sites (tertiary alicyclic amines) is 1. The summed E-state index contributed by atoms with van der Waals surface area (Å²) in [5, 5.41) is 4.01. The van der Waals surface area contributed by atoms with Crippen LogP contribution in [-0.2, 0) is 6.54 Å². The van der Waals surface area contributed by atoms with Gasteiger partial charge in [-0.25, -0.2) is 9.18 Å². The molecule has 2 atom stereocenters. The van der Waals surface area contributed by atoms with Crippen LogP contribution in [0.1, 0.15) is 18.0 Å². The summed E-state index contributed by atoms with van der Waals surface area (Å²) < 4.78 is 16.7. The van der Waals surface area contributed by atoms with E-state index in [1.807, 2.05) is 22.8 Å². The smallest absolute Gasteiger partial charge is 0.321 e. The van der Waals surface area contributed by atoms with Crippen LogP contribution >= 0.6 is 11.3 Å². The third-order valence-electron chi connectivity index (χ3n) is 6.64. The minimum atomic E-state index is -0.385. The number of thiophene rings is 1. The first-order chi connectivity index (χ1) is 16.0. The molecule has 2 aliphatic heterocycles. The van der Waals surface area contributed by atoms with E-state index in [2.05, 4.69) is 23.5 Å². The van der Waals surface area contributed by atoms with Crippen LogP contribution in [0.15, 0.2) is 71.5 Å². The van der Waals surface area contributed by atoms with E-state index in [0.29, 0.717) is 25.3 Å². The molecule has 0 saturated carbocycles. The van der Waals surface area contributed by atoms with E-state index in [-0.39, 0.29) is 29.2 Å². The number of hydrogen-bond donors (Lipinski definition) is 1. The molecule has 7 heteroatoms. The molecule has 5 nitrogen and oxygen atoms in total. The first kappa shape index (κ1) is 20.2. The Morgan fingerprint density at radius 1 is 1.00 bits per heavy atom. The summed E-state index contributed by atoms with van der Waals surface area (Å²) in [6, 6.07) is 19.8. The number of urea groups is 1. The van der Waals surface area contributed by atoms with Crippen molar-refractivity contribution in [2.75, 3.05) is 18.4 Å². The molecule has 6 rings (SSSR count). The Morgan fingerprint density at radius 2 is 1.88 bits per heavy atom. The number of carbonyl (C=O) groups is 1. The third-order valence-corrected chi connectivity index (χ3v) is 7.79. The molecule has 0 spiro atoms. The number of amides is 2. The lowest BCUT2D eigenvalue weighted by Crippen LogP contribution is -2.50. The van der Waals surface area contributed by atoms with Gasteiger partial charge in [-0.2, -0.15) is 0 Å². The van der Waals surface area contributed by atoms with E-state index < -0.39 is 0 Å². The number of aromatic nitrogens is 1. The predicted octanol–water partition coefficient (Wildman–Crippen LogP) is 5.52. The molecule has 4 aromatic rings. The van der Waals surface area contributed by atoms with Crippen molar-refractivity contribution < 1.29 is 9.18 Å². The van der Waals surface area contributed by atoms with Crippen molar-refractivity contribution in [3.05, 3.63) is 88.6 Å². The van der Waals surface area contributed by atoms with Crippen LogP contribution in [0.3, 0.4) is 0 Å². The first-order valence-electron chi connectivity index (χ1n) is 11.1. The number of hydrogen-bond acceptors (Lipinski definition) is 3. The van der Waals surface area contributed by atoms with Crippen LogP contribution in [0.2, 0.25) is 0 Å². The van der Waals surface area contributed by atoms with Crippen LogP contribution in [0.4, 0.5) is 14.9 Å². The number of piperidine rings is 1. The van der Waals surface area contributed by atoms with E-state index in [9.17, 15) is 14.0 Å². The standard InChI is InChI=1S/C26H22FN3O2S/c27-19-5-3-6-20(12-19)28-26(32)29-13-16-10-18(15-29)25-21(8-9-24(31)30(25)14-16)23-11-17-4-1-2-7-22(17)33-23/h1-9,11-12,16,18H,10,13-15H2,(H,28,32)/t16-,18+/m0/s1. The SMILES string of the molecule is O=C(Nc1cccc(F)c1)N1C[C@@H]2C[C@H](C1)c1c(-c3cc4ccccc4s3)ccc(=O)n1C2. The Kier molecular flexibility index (Phi) is 4.80. The van der Waals surface area contributed by atoms with Gasteiger partial charge in [-0.3, -0.25) is 4.79 Å². The van der Waals surface area contributed by atoms with Gasteiger partial charge in [0.15, 0.2) is 0 Å². The van der Waals surface area contributed by atoms with Crippen LogP contribution in [0.5, 0.6) is 0 Å². The maximum absolute atomic E-state index is 13.5. The number of carbonyl (C=O) groups excluding carboxylic acids is 1. The van der Waals surface area contributed by atoms with E-state index in [1.54, 1.807) is 34.4 Å². The zero-order valence-electron chi connectivity index (χ0n) is 17.8. The van der Waals surface area contributed by atoms with Crippen molar-refractivity contribution in [1.82, 2.24) is 9.47 Å². The Balaban J connectivity index is 1.35. The molecule has 1 N–H and O–H groups in total. The molecule has 2 bridgehead atoms. The molecule has 1 saturated heterocycles. The summed E-state index contributed by atoms with van der Waals surface area (Å²) >= 11 is 1.73. The zero-order valence-corrected chi connectivity index (χ0v) is 18.6. The maximum atomic E-state index is 13.5. The van der Waals surface area contributed by atoms with Gasteiger partial charge in [-0.1, -0.05) is 24.3 Å². The van der Waals surface area contributed by atoms with Crippen molar-refractivity contribution in [2.45, 2.75) is 18.9 Å². The van der Waals surface area contributed by atoms with Gasteiger partial charge >= 0.3 is 6.03 Å². The van der Waals surface area contributed by atoms with Crippen LogP contribution < -0.4 is 10.9 Å². The highest BCUT2D eigenvalue weighted by Crippen LogP contribution is 2.42. The van der Waals surface area contributed by atoms with Gasteiger partial charge in [0.2, 0.25) is 0 Å². The summed E-state index contributed by atoms with van der Waals surface area (Å²) in [5.74, 6) is -0.0978. The average Bonchev–Trinajstić information content (AvgIpc) is 3.24. The van der Waals surface area contributed by atoms with Gasteiger partial charge in [0.25, 0.3) is 5.56 Å². The Morgan fingerprint density at radius 3 is 2.73 bits per heavy atom. The fourth-order valence-electron chi connectivity index (χ4n) is 5.27. The maximum Gasteiger partial charge on any atom is 0.321 e. The Labute approximate surface area is 194 Å². The van der Waals surface area contributed by atoms with Gasteiger partial charge in [0.05, 0.1) is 0 Å². The zero-order chi connectivity index (χ0) is 22.5. The number of benzene rings is 2. The largest absolute Gasteiger partial charge is 0.324 e. The van der Waals surface area contributed by atoms with E-state index in [0.717, 1.165) is 22.6 Å². The topological polar surface area (TPSA) is 54.3 Å². The lowest BCUT2D eigenvalue weighted by Gasteiger charge is -2.43. The second kappa shape index (κ2) is 7.85. The Bertz CT molecular complexity index is 1410. The lowest BCUT2D eigenvalue weighted by molar-refractivity contribution is 0.140. The fourth-order valence-corrected chi connectivity index (χ4v) is 6.37. The number of fused-ring (bicyclic) bond motifs is 5. The van der Waals surface area contributed by atoms with Crippen LogP contribution in [0, 0.1) is 11.7 Å². The normalized spacial score (nSPS) is 19.4. The van der Waals surface area contributed by atoms with E-state index >= 15 is 0 Å². The van der Waals surface area contributed by atoms with Crippen molar-refractivity contribution >= 4 is 33.1 Å². The van der Waals surface area contributed by atoms with E-state index in [4.69, 9.17) is 0 Å². The number of nitrogens with one attached hydrogen (secondary N) is 1. The molecule has 166 valence electrons. The number of rotatable bonds is 2. The van der Waals surface area contributed by atoms with Gasteiger partial charge in [-0.15, -0.1) is 11.3 Å². The average molecular weight is 460 g/mol. The van der Waals surface area contributed by atoms with E-state index in [1.165, 1.54) is 22.2 Å². The minimum Gasteiger partial charge on any atom is -0.324 e. The van der Waals surface area contributed by atoms with Crippen molar-refractivity contribution in [2.24, 2.45) is 5.92 Å². The summed E-state index contributed by atoms with van der Waals surface area (Å²) in [5.41, 5.74) is 2.56. The number of anilines is 1. The number of pyridine rings is 1. The highest BCUT2D eigenvalue weighted by molar-refractivity contribution is 7.22.